The van der Waals surface area contributed by atoms with E-state index in [1.807, 2.05) is 12.2 Å². The third kappa shape index (κ3) is 0.713. The van der Waals surface area contributed by atoms with E-state index >= 15 is 0 Å². The second-order valence-corrected chi connectivity index (χ2v) is 6.57. The van der Waals surface area contributed by atoms with Gasteiger partial charge in [0.2, 0.25) is 0 Å². The summed E-state index contributed by atoms with van der Waals surface area (Å²) in [5.41, 5.74) is 0.711. The topological polar surface area (TPSA) is 52.6 Å². The van der Waals surface area contributed by atoms with Crippen LogP contribution in [0.4, 0.5) is 0 Å². The quantitative estimate of drug-likeness (QED) is 0.380. The molecule has 3 aliphatic heterocycles. The van der Waals surface area contributed by atoms with Gasteiger partial charge in [-0.25, -0.2) is 0 Å². The Morgan fingerprint density at radius 1 is 0.950 bits per heavy atom. The van der Waals surface area contributed by atoms with Crippen LogP contribution in [-0.4, -0.2) is 24.1 Å². The highest BCUT2D eigenvalue weighted by atomic mass is 16.6. The summed E-state index contributed by atoms with van der Waals surface area (Å²) in [7, 11) is 0. The Balaban J connectivity index is 1.92. The second-order valence-electron chi connectivity index (χ2n) is 6.57. The van der Waals surface area contributed by atoms with Crippen LogP contribution in [-0.2, 0) is 19.1 Å². The van der Waals surface area contributed by atoms with Crippen molar-refractivity contribution in [2.45, 2.75) is 26.1 Å². The molecule has 2 saturated heterocycles. The molecule has 5 rings (SSSR count). The standard InChI is InChI=1S/C16H14O4/c1-7(2)12-8-3-4-9(12)16-11-6-5-10(19-11)15(8,16)13(17)20-14(16)18/h3-6,8-11H,1-2H3/t8-,9+,10-,11+,15+,16-. The van der Waals surface area contributed by atoms with Gasteiger partial charge in [-0.3, -0.25) is 9.59 Å². The maximum atomic E-state index is 12.6. The van der Waals surface area contributed by atoms with Gasteiger partial charge in [-0.05, 0) is 13.8 Å². The molecule has 1 saturated carbocycles. The zero-order valence-electron chi connectivity index (χ0n) is 11.3. The minimum Gasteiger partial charge on any atom is -0.392 e. The zero-order chi connectivity index (χ0) is 13.9. The number of fused-ring (bicyclic) bond motifs is 4. The average molecular weight is 270 g/mol. The minimum absolute atomic E-state index is 0.0589. The summed E-state index contributed by atoms with van der Waals surface area (Å²) in [5, 5.41) is 0. The molecule has 0 aromatic rings. The normalized spacial score (nSPS) is 52.8. The van der Waals surface area contributed by atoms with Crippen LogP contribution in [0.1, 0.15) is 13.8 Å². The molecule has 4 bridgehead atoms. The molecule has 20 heavy (non-hydrogen) atoms. The molecule has 3 fully saturated rings. The fraction of sp³-hybridized carbons (Fsp3) is 0.500. The van der Waals surface area contributed by atoms with Gasteiger partial charge < -0.3 is 9.47 Å². The van der Waals surface area contributed by atoms with Crippen molar-refractivity contribution in [2.75, 3.05) is 0 Å². The molecular formula is C16H14O4. The summed E-state index contributed by atoms with van der Waals surface area (Å²) in [6.45, 7) is 4.11. The first-order valence-corrected chi connectivity index (χ1v) is 7.02. The molecule has 0 unspecified atom stereocenters. The first kappa shape index (κ1) is 11.0. The smallest absolute Gasteiger partial charge is 0.325 e. The number of esters is 2. The van der Waals surface area contributed by atoms with Gasteiger partial charge in [-0.2, -0.15) is 0 Å². The van der Waals surface area contributed by atoms with Gasteiger partial charge in [0.15, 0.2) is 0 Å². The first-order valence-electron chi connectivity index (χ1n) is 7.02. The predicted octanol–water partition coefficient (Wildman–Crippen LogP) is 1.53. The molecule has 0 N–H and O–H groups in total. The number of carbonyl (C=O) groups is 2. The van der Waals surface area contributed by atoms with Crippen LogP contribution in [0.25, 0.3) is 0 Å². The number of hydrogen-bond donors (Lipinski definition) is 0. The van der Waals surface area contributed by atoms with E-state index in [-0.39, 0.29) is 24.0 Å². The molecule has 3 heterocycles. The highest BCUT2D eigenvalue weighted by Crippen LogP contribution is 2.77. The van der Waals surface area contributed by atoms with Gasteiger partial charge in [0.1, 0.15) is 10.8 Å². The van der Waals surface area contributed by atoms with Crippen LogP contribution in [0.5, 0.6) is 0 Å². The van der Waals surface area contributed by atoms with Gasteiger partial charge >= 0.3 is 11.9 Å². The van der Waals surface area contributed by atoms with Gasteiger partial charge in [0.25, 0.3) is 0 Å². The van der Waals surface area contributed by atoms with E-state index in [0.29, 0.717) is 0 Å². The van der Waals surface area contributed by atoms with E-state index in [0.717, 1.165) is 0 Å². The lowest BCUT2D eigenvalue weighted by Crippen LogP contribution is -2.53. The Morgan fingerprint density at radius 2 is 1.45 bits per heavy atom. The number of ether oxygens (including phenoxy) is 2. The van der Waals surface area contributed by atoms with Crippen molar-refractivity contribution in [3.63, 3.8) is 0 Å². The molecule has 0 spiro atoms. The second kappa shape index (κ2) is 2.84. The number of hydrogen-bond acceptors (Lipinski definition) is 4. The zero-order valence-corrected chi connectivity index (χ0v) is 11.3. The lowest BCUT2D eigenvalue weighted by atomic mass is 9.54. The summed E-state index contributed by atoms with van der Waals surface area (Å²) < 4.78 is 11.0. The van der Waals surface area contributed by atoms with Crippen molar-refractivity contribution in [3.8, 4) is 0 Å². The van der Waals surface area contributed by atoms with Crippen LogP contribution in [0.15, 0.2) is 35.5 Å². The predicted molar refractivity (Wildman–Crippen MR) is 68.3 cm³/mol. The van der Waals surface area contributed by atoms with Gasteiger partial charge in [0, 0.05) is 11.8 Å². The largest absolute Gasteiger partial charge is 0.392 e. The van der Waals surface area contributed by atoms with E-state index < -0.39 is 22.8 Å². The van der Waals surface area contributed by atoms with E-state index in [4.69, 9.17) is 9.47 Å². The molecule has 5 aliphatic rings. The van der Waals surface area contributed by atoms with E-state index in [2.05, 4.69) is 26.0 Å². The van der Waals surface area contributed by atoms with Crippen LogP contribution in [0.3, 0.4) is 0 Å². The maximum absolute atomic E-state index is 12.6. The highest BCUT2D eigenvalue weighted by Gasteiger charge is 2.88. The average Bonchev–Trinajstić information content (AvgIpc) is 3.14. The number of cyclic esters (lactones) is 2. The Bertz CT molecular complexity index is 633. The van der Waals surface area contributed by atoms with Crippen LogP contribution >= 0.6 is 0 Å². The fourth-order valence-electron chi connectivity index (χ4n) is 5.42. The van der Waals surface area contributed by atoms with E-state index in [9.17, 15) is 9.59 Å². The number of allylic oxidation sites excluding steroid dienone is 4. The SMILES string of the molecule is CC(C)=C1[C@H]2C=C[C@@H]1[C@@]13C(=O)OC(=O)[C@@]21[C@H]1C=C[C@@H]3O1. The summed E-state index contributed by atoms with van der Waals surface area (Å²) in [4.78, 5) is 25.2. The lowest BCUT2D eigenvalue weighted by molar-refractivity contribution is -0.160. The van der Waals surface area contributed by atoms with Crippen LogP contribution in [0, 0.1) is 22.7 Å². The molecule has 4 heteroatoms. The molecule has 0 aromatic heterocycles. The van der Waals surface area contributed by atoms with Gasteiger partial charge in [-0.1, -0.05) is 35.5 Å². The Hall–Kier alpha value is -1.68. The third-order valence-corrected chi connectivity index (χ3v) is 5.92. The minimum atomic E-state index is -0.852. The molecule has 6 atom stereocenters. The maximum Gasteiger partial charge on any atom is 0.325 e. The van der Waals surface area contributed by atoms with Gasteiger partial charge in [-0.15, -0.1) is 0 Å². The van der Waals surface area contributed by atoms with E-state index in [1.165, 1.54) is 11.1 Å². The van der Waals surface area contributed by atoms with Gasteiger partial charge in [0.05, 0.1) is 12.2 Å². The monoisotopic (exact) mass is 270 g/mol. The number of carbonyl (C=O) groups excluding carboxylic acids is 2. The van der Waals surface area contributed by atoms with Crippen molar-refractivity contribution in [1.82, 2.24) is 0 Å². The highest BCUT2D eigenvalue weighted by molar-refractivity contribution is 6.07. The molecule has 0 aromatic carbocycles. The molecule has 0 amide bonds. The summed E-state index contributed by atoms with van der Waals surface area (Å²) in [6, 6.07) is 0. The van der Waals surface area contributed by atoms with E-state index in [1.54, 1.807) is 0 Å². The summed E-state index contributed by atoms with van der Waals surface area (Å²) in [5.74, 6) is -0.905. The first-order chi connectivity index (χ1) is 9.56. The molecule has 0 radical (unpaired) electrons. The fourth-order valence-corrected chi connectivity index (χ4v) is 5.42. The number of rotatable bonds is 0. The lowest BCUT2D eigenvalue weighted by Gasteiger charge is -2.38. The van der Waals surface area contributed by atoms with Crippen LogP contribution in [0.2, 0.25) is 0 Å². The van der Waals surface area contributed by atoms with Crippen LogP contribution < -0.4 is 0 Å². The van der Waals surface area contributed by atoms with Crippen molar-refractivity contribution < 1.29 is 19.1 Å². The molecular weight excluding hydrogens is 256 g/mol. The molecule has 2 aliphatic carbocycles. The Morgan fingerprint density at radius 3 is 1.90 bits per heavy atom. The van der Waals surface area contributed by atoms with Crippen molar-refractivity contribution in [1.29, 1.82) is 0 Å². The van der Waals surface area contributed by atoms with Crippen molar-refractivity contribution in [3.05, 3.63) is 35.5 Å². The van der Waals surface area contributed by atoms with Crippen molar-refractivity contribution in [2.24, 2.45) is 22.7 Å². The van der Waals surface area contributed by atoms with Crippen molar-refractivity contribution >= 4 is 11.9 Å². The Labute approximate surface area is 116 Å². The summed E-state index contributed by atoms with van der Waals surface area (Å²) >= 11 is 0. The third-order valence-electron chi connectivity index (χ3n) is 5.92. The molecule has 102 valence electrons. The molecule has 4 nitrogen and oxygen atoms in total. The summed E-state index contributed by atoms with van der Waals surface area (Å²) in [6.07, 6.45) is 7.34. The Kier molecular flexibility index (Phi) is 1.57.